The lowest BCUT2D eigenvalue weighted by Crippen LogP contribution is -2.02. The molecule has 0 bridgehead atoms. The van der Waals surface area contributed by atoms with Gasteiger partial charge in [-0.3, -0.25) is 4.99 Å². The van der Waals surface area contributed by atoms with E-state index in [0.29, 0.717) is 17.2 Å². The van der Waals surface area contributed by atoms with E-state index in [1.54, 1.807) is 42.9 Å². The minimum Gasteiger partial charge on any atom is -0.507 e. The molecule has 0 aliphatic heterocycles. The van der Waals surface area contributed by atoms with Crippen LogP contribution in [-0.4, -0.2) is 18.4 Å². The third-order valence-corrected chi connectivity index (χ3v) is 4.02. The number of phenolic OH excluding ortho intramolecular Hbond substituents is 1. The minimum absolute atomic E-state index is 0.112. The summed E-state index contributed by atoms with van der Waals surface area (Å²) in [6.07, 6.45) is 1.72. The summed E-state index contributed by atoms with van der Waals surface area (Å²) in [5.74, 6) is 1.32. The van der Waals surface area contributed by atoms with Gasteiger partial charge >= 0.3 is 0 Å². The first-order valence-corrected chi connectivity index (χ1v) is 7.43. The molecule has 4 heteroatoms. The molecule has 1 N–H and O–H groups in total. The van der Waals surface area contributed by atoms with Crippen molar-refractivity contribution < 1.29 is 9.84 Å². The van der Waals surface area contributed by atoms with Crippen LogP contribution in [-0.2, 0) is 0 Å². The molecular weight excluding hydrogens is 270 g/mol. The van der Waals surface area contributed by atoms with Crippen molar-refractivity contribution in [3.63, 3.8) is 0 Å². The Labute approximate surface area is 123 Å². The Kier molecular flexibility index (Phi) is 4.79. The summed E-state index contributed by atoms with van der Waals surface area (Å²) in [7, 11) is 1.61. The fraction of sp³-hybridized carbons (Fsp3) is 0.312. The van der Waals surface area contributed by atoms with Gasteiger partial charge < -0.3 is 9.84 Å². The number of hydrogen-bond acceptors (Lipinski definition) is 4. The van der Waals surface area contributed by atoms with E-state index >= 15 is 0 Å². The second-order valence-electron chi connectivity index (χ2n) is 4.91. The zero-order chi connectivity index (χ0) is 14.5. The molecule has 20 heavy (non-hydrogen) atoms. The lowest BCUT2D eigenvalue weighted by atomic mass is 10.0. The monoisotopic (exact) mass is 289 g/mol. The van der Waals surface area contributed by atoms with Crippen LogP contribution in [0.2, 0.25) is 0 Å². The van der Waals surface area contributed by atoms with E-state index in [-0.39, 0.29) is 11.8 Å². The van der Waals surface area contributed by atoms with Crippen molar-refractivity contribution in [1.29, 1.82) is 0 Å². The Morgan fingerprint density at radius 2 is 2.10 bits per heavy atom. The highest BCUT2D eigenvalue weighted by molar-refractivity contribution is 7.10. The third-order valence-electron chi connectivity index (χ3n) is 3.08. The number of aliphatic imine (C=N–C) groups is 1. The Hall–Kier alpha value is -1.81. The number of rotatable bonds is 5. The smallest absolute Gasteiger partial charge is 0.124 e. The highest BCUT2D eigenvalue weighted by Crippen LogP contribution is 2.30. The normalized spacial score (nSPS) is 13.0. The molecule has 106 valence electrons. The van der Waals surface area contributed by atoms with E-state index < -0.39 is 0 Å². The van der Waals surface area contributed by atoms with Crippen molar-refractivity contribution in [2.45, 2.75) is 19.9 Å². The highest BCUT2D eigenvalue weighted by atomic mass is 32.1. The first-order chi connectivity index (χ1) is 9.61. The molecule has 0 aliphatic carbocycles. The van der Waals surface area contributed by atoms with Gasteiger partial charge in [-0.1, -0.05) is 19.9 Å². The number of methoxy groups -OCH3 is 1. The Balaban J connectivity index is 2.26. The first kappa shape index (κ1) is 14.6. The van der Waals surface area contributed by atoms with E-state index in [1.165, 1.54) is 4.88 Å². The molecule has 2 rings (SSSR count). The molecular formula is C16H19NO2S. The molecule has 1 aromatic heterocycles. The summed E-state index contributed by atoms with van der Waals surface area (Å²) in [5, 5.41) is 11.9. The molecule has 2 aromatic rings. The van der Waals surface area contributed by atoms with Crippen LogP contribution < -0.4 is 4.74 Å². The summed E-state index contributed by atoms with van der Waals surface area (Å²) in [6.45, 7) is 4.29. The molecule has 0 radical (unpaired) electrons. The molecule has 0 unspecified atom stereocenters. The quantitative estimate of drug-likeness (QED) is 0.835. The van der Waals surface area contributed by atoms with E-state index in [1.807, 2.05) is 6.07 Å². The number of hydrogen-bond donors (Lipinski definition) is 1. The number of nitrogens with zero attached hydrogens (tertiary/aromatic N) is 1. The van der Waals surface area contributed by atoms with Crippen LogP contribution in [0.3, 0.4) is 0 Å². The topological polar surface area (TPSA) is 41.8 Å². The van der Waals surface area contributed by atoms with Crippen molar-refractivity contribution in [3.05, 3.63) is 46.2 Å². The summed E-state index contributed by atoms with van der Waals surface area (Å²) in [5.41, 5.74) is 0.673. The predicted molar refractivity (Wildman–Crippen MR) is 84.2 cm³/mol. The van der Waals surface area contributed by atoms with Crippen LogP contribution in [0.1, 0.15) is 30.3 Å². The molecule has 1 aromatic carbocycles. The Morgan fingerprint density at radius 1 is 1.30 bits per heavy atom. The van der Waals surface area contributed by atoms with Gasteiger partial charge in [0.05, 0.1) is 13.2 Å². The maximum absolute atomic E-state index is 9.87. The number of aromatic hydroxyl groups is 1. The molecule has 3 nitrogen and oxygen atoms in total. The van der Waals surface area contributed by atoms with E-state index in [0.717, 1.165) is 0 Å². The Bertz CT molecular complexity index is 576. The summed E-state index contributed by atoms with van der Waals surface area (Å²) in [6, 6.07) is 9.37. The number of benzene rings is 1. The molecule has 0 saturated carbocycles. The van der Waals surface area contributed by atoms with Crippen molar-refractivity contribution in [2.24, 2.45) is 10.9 Å². The zero-order valence-electron chi connectivity index (χ0n) is 11.9. The third kappa shape index (κ3) is 3.39. The minimum atomic E-state index is 0.112. The maximum Gasteiger partial charge on any atom is 0.124 e. The van der Waals surface area contributed by atoms with Crippen LogP contribution in [0.5, 0.6) is 11.5 Å². The zero-order valence-corrected chi connectivity index (χ0v) is 12.7. The van der Waals surface area contributed by atoms with E-state index in [9.17, 15) is 5.11 Å². The predicted octanol–water partition coefficient (Wildman–Crippen LogP) is 4.28. The number of ether oxygens (including phenoxy) is 1. The van der Waals surface area contributed by atoms with Gasteiger partial charge in [-0.2, -0.15) is 0 Å². The molecule has 0 spiro atoms. The first-order valence-electron chi connectivity index (χ1n) is 6.55. The van der Waals surface area contributed by atoms with Crippen molar-refractivity contribution in [3.8, 4) is 11.5 Å². The molecule has 1 atom stereocenters. The fourth-order valence-corrected chi connectivity index (χ4v) is 2.90. The van der Waals surface area contributed by atoms with Gasteiger partial charge in [0.1, 0.15) is 11.5 Å². The molecule has 1 heterocycles. The summed E-state index contributed by atoms with van der Waals surface area (Å²) < 4.78 is 5.17. The Morgan fingerprint density at radius 3 is 2.70 bits per heavy atom. The van der Waals surface area contributed by atoms with Crippen molar-refractivity contribution >= 4 is 17.6 Å². The van der Waals surface area contributed by atoms with Gasteiger partial charge in [0.25, 0.3) is 0 Å². The van der Waals surface area contributed by atoms with Gasteiger partial charge in [0.2, 0.25) is 0 Å². The average molecular weight is 289 g/mol. The van der Waals surface area contributed by atoms with Crippen LogP contribution in [0.4, 0.5) is 0 Å². The second-order valence-corrected chi connectivity index (χ2v) is 5.89. The van der Waals surface area contributed by atoms with Crippen molar-refractivity contribution in [2.75, 3.05) is 7.11 Å². The highest BCUT2D eigenvalue weighted by Gasteiger charge is 2.15. The van der Waals surface area contributed by atoms with Gasteiger partial charge in [0.15, 0.2) is 0 Å². The summed E-state index contributed by atoms with van der Waals surface area (Å²) in [4.78, 5) is 5.88. The SMILES string of the molecule is COc1ccc(O)c(C=N[C@H](c2cccs2)C(C)C)c1. The van der Waals surface area contributed by atoms with Gasteiger partial charge in [0, 0.05) is 16.7 Å². The molecule has 0 fully saturated rings. The number of phenols is 1. The molecule has 0 aliphatic rings. The van der Waals surface area contributed by atoms with Crippen LogP contribution in [0.15, 0.2) is 40.7 Å². The lowest BCUT2D eigenvalue weighted by Gasteiger charge is -2.14. The molecule has 0 saturated heterocycles. The van der Waals surface area contributed by atoms with Crippen LogP contribution in [0, 0.1) is 5.92 Å². The van der Waals surface area contributed by atoms with Crippen molar-refractivity contribution in [1.82, 2.24) is 0 Å². The maximum atomic E-state index is 9.87. The van der Waals surface area contributed by atoms with E-state index in [4.69, 9.17) is 4.74 Å². The fourth-order valence-electron chi connectivity index (χ4n) is 1.96. The summed E-state index contributed by atoms with van der Waals surface area (Å²) >= 11 is 1.71. The standard InChI is InChI=1S/C16H19NO2S/c1-11(2)16(15-5-4-8-20-15)17-10-12-9-13(19-3)6-7-14(12)18/h4-11,16,18H,1-3H3/t16-/m0/s1. The van der Waals surface area contributed by atoms with Gasteiger partial charge in [-0.15, -0.1) is 11.3 Å². The lowest BCUT2D eigenvalue weighted by molar-refractivity contribution is 0.412. The van der Waals surface area contributed by atoms with E-state index in [2.05, 4.69) is 30.3 Å². The largest absolute Gasteiger partial charge is 0.507 e. The van der Waals surface area contributed by atoms with Crippen LogP contribution in [0.25, 0.3) is 0 Å². The molecule has 0 amide bonds. The second kappa shape index (κ2) is 6.57. The average Bonchev–Trinajstić information content (AvgIpc) is 2.94. The van der Waals surface area contributed by atoms with Crippen LogP contribution >= 0.6 is 11.3 Å². The van der Waals surface area contributed by atoms with Gasteiger partial charge in [-0.25, -0.2) is 0 Å². The van der Waals surface area contributed by atoms with Gasteiger partial charge in [-0.05, 0) is 35.6 Å². The number of thiophene rings is 1.